The van der Waals surface area contributed by atoms with Gasteiger partial charge in [-0.05, 0) is 47.9 Å². The fourth-order valence-electron chi connectivity index (χ4n) is 2.11. The van der Waals surface area contributed by atoms with Gasteiger partial charge >= 0.3 is 5.97 Å². The Labute approximate surface area is 111 Å². The zero-order chi connectivity index (χ0) is 13.3. The first-order valence-electron chi connectivity index (χ1n) is 6.22. The van der Waals surface area contributed by atoms with E-state index < -0.39 is 5.97 Å². The molecular formula is C15H18O2S. The minimum absolute atomic E-state index is 0.213. The van der Waals surface area contributed by atoms with E-state index >= 15 is 0 Å². The molecule has 1 heterocycles. The smallest absolute Gasteiger partial charge is 0.303 e. The zero-order valence-electron chi connectivity index (χ0n) is 11.0. The Morgan fingerprint density at radius 2 is 2.11 bits per heavy atom. The molecule has 0 fully saturated rings. The molecule has 0 aliphatic heterocycles. The van der Waals surface area contributed by atoms with Gasteiger partial charge in [-0.3, -0.25) is 4.79 Å². The fraction of sp³-hybridized carbons (Fsp3) is 0.400. The van der Waals surface area contributed by atoms with Crippen molar-refractivity contribution in [3.8, 4) is 0 Å². The Morgan fingerprint density at radius 1 is 1.39 bits per heavy atom. The minimum Gasteiger partial charge on any atom is -0.481 e. The van der Waals surface area contributed by atoms with Gasteiger partial charge in [-0.25, -0.2) is 0 Å². The minimum atomic E-state index is -0.727. The Hall–Kier alpha value is -1.35. The van der Waals surface area contributed by atoms with Crippen LogP contribution in [0, 0.1) is 6.92 Å². The van der Waals surface area contributed by atoms with Crippen molar-refractivity contribution in [2.45, 2.75) is 39.5 Å². The average molecular weight is 262 g/mol. The summed E-state index contributed by atoms with van der Waals surface area (Å²) in [7, 11) is 0. The third kappa shape index (κ3) is 2.56. The first-order chi connectivity index (χ1) is 8.49. The van der Waals surface area contributed by atoms with Gasteiger partial charge in [0.15, 0.2) is 0 Å². The van der Waals surface area contributed by atoms with Crippen molar-refractivity contribution in [2.24, 2.45) is 0 Å². The number of carboxylic acids is 1. The van der Waals surface area contributed by atoms with Gasteiger partial charge in [-0.15, -0.1) is 11.3 Å². The highest BCUT2D eigenvalue weighted by molar-refractivity contribution is 7.19. The Morgan fingerprint density at radius 3 is 2.72 bits per heavy atom. The van der Waals surface area contributed by atoms with Gasteiger partial charge < -0.3 is 5.11 Å². The summed E-state index contributed by atoms with van der Waals surface area (Å²) in [6.45, 7) is 6.47. The second-order valence-electron chi connectivity index (χ2n) is 4.95. The van der Waals surface area contributed by atoms with Crippen LogP contribution in [0.15, 0.2) is 18.2 Å². The summed E-state index contributed by atoms with van der Waals surface area (Å²) in [5.41, 5.74) is 2.59. The lowest BCUT2D eigenvalue weighted by Crippen LogP contribution is -1.96. The summed E-state index contributed by atoms with van der Waals surface area (Å²) in [5.74, 6) is -0.203. The molecule has 0 unspecified atom stereocenters. The van der Waals surface area contributed by atoms with Crippen molar-refractivity contribution >= 4 is 27.4 Å². The molecule has 0 aliphatic rings. The SMILES string of the molecule is Cc1c(CCC(=O)O)sc2ccc(C(C)C)cc12. The van der Waals surface area contributed by atoms with Crippen LogP contribution in [0.25, 0.3) is 10.1 Å². The normalized spacial score (nSPS) is 11.3. The molecule has 0 saturated carbocycles. The van der Waals surface area contributed by atoms with Crippen molar-refractivity contribution < 1.29 is 9.90 Å². The third-order valence-electron chi connectivity index (χ3n) is 3.29. The lowest BCUT2D eigenvalue weighted by Gasteiger charge is -2.05. The van der Waals surface area contributed by atoms with Crippen LogP contribution in [-0.4, -0.2) is 11.1 Å². The number of fused-ring (bicyclic) bond motifs is 1. The van der Waals surface area contributed by atoms with E-state index in [9.17, 15) is 4.79 Å². The summed E-state index contributed by atoms with van der Waals surface area (Å²) in [4.78, 5) is 11.8. The molecule has 0 aliphatic carbocycles. The van der Waals surface area contributed by atoms with Crippen molar-refractivity contribution in [1.29, 1.82) is 0 Å². The number of benzene rings is 1. The van der Waals surface area contributed by atoms with Crippen LogP contribution in [0.5, 0.6) is 0 Å². The maximum atomic E-state index is 10.6. The van der Waals surface area contributed by atoms with E-state index in [4.69, 9.17) is 5.11 Å². The van der Waals surface area contributed by atoms with Crippen molar-refractivity contribution in [3.05, 3.63) is 34.2 Å². The second kappa shape index (κ2) is 5.11. The van der Waals surface area contributed by atoms with Gasteiger partial charge in [-0.1, -0.05) is 19.9 Å². The molecule has 1 aromatic carbocycles. The van der Waals surface area contributed by atoms with Gasteiger partial charge in [-0.2, -0.15) is 0 Å². The predicted octanol–water partition coefficient (Wildman–Crippen LogP) is 4.35. The summed E-state index contributed by atoms with van der Waals surface area (Å²) in [6.07, 6.45) is 0.849. The van der Waals surface area contributed by atoms with Gasteiger partial charge in [0.2, 0.25) is 0 Å². The molecule has 1 N–H and O–H groups in total. The monoisotopic (exact) mass is 262 g/mol. The average Bonchev–Trinajstić information content (AvgIpc) is 2.63. The molecule has 18 heavy (non-hydrogen) atoms. The number of aryl methyl sites for hydroxylation is 2. The maximum Gasteiger partial charge on any atom is 0.303 e. The van der Waals surface area contributed by atoms with E-state index in [1.54, 1.807) is 11.3 Å². The Kier molecular flexibility index (Phi) is 3.71. The van der Waals surface area contributed by atoms with Crippen LogP contribution in [0.1, 0.15) is 42.2 Å². The van der Waals surface area contributed by atoms with Crippen molar-refractivity contribution in [2.75, 3.05) is 0 Å². The standard InChI is InChI=1S/C15H18O2S/c1-9(2)11-4-5-14-12(8-11)10(3)13(18-14)6-7-15(16)17/h4-5,8-9H,6-7H2,1-3H3,(H,16,17). The lowest BCUT2D eigenvalue weighted by molar-refractivity contribution is -0.136. The zero-order valence-corrected chi connectivity index (χ0v) is 11.8. The van der Waals surface area contributed by atoms with Crippen LogP contribution in [0.3, 0.4) is 0 Å². The predicted molar refractivity (Wildman–Crippen MR) is 76.6 cm³/mol. The number of carboxylic acid groups (broad SMARTS) is 1. The molecule has 96 valence electrons. The number of hydrogen-bond acceptors (Lipinski definition) is 2. The molecule has 0 radical (unpaired) electrons. The van der Waals surface area contributed by atoms with Gasteiger partial charge in [0.1, 0.15) is 0 Å². The molecule has 0 amide bonds. The molecule has 0 bridgehead atoms. The van der Waals surface area contributed by atoms with E-state index in [1.165, 1.54) is 26.1 Å². The van der Waals surface area contributed by atoms with Crippen LogP contribution in [0.2, 0.25) is 0 Å². The van der Waals surface area contributed by atoms with Crippen LogP contribution in [-0.2, 0) is 11.2 Å². The molecule has 0 atom stereocenters. The topological polar surface area (TPSA) is 37.3 Å². The molecule has 0 spiro atoms. The fourth-order valence-corrected chi connectivity index (χ4v) is 3.30. The maximum absolute atomic E-state index is 10.6. The summed E-state index contributed by atoms with van der Waals surface area (Å²) in [6, 6.07) is 6.58. The Balaban J connectivity index is 2.40. The first kappa shape index (κ1) is 13.1. The van der Waals surface area contributed by atoms with Crippen molar-refractivity contribution in [3.63, 3.8) is 0 Å². The van der Waals surface area contributed by atoms with Crippen LogP contribution >= 0.6 is 11.3 Å². The highest BCUT2D eigenvalue weighted by Crippen LogP contribution is 2.33. The third-order valence-corrected chi connectivity index (χ3v) is 4.62. The lowest BCUT2D eigenvalue weighted by atomic mass is 10.00. The van der Waals surface area contributed by atoms with E-state index in [1.807, 2.05) is 0 Å². The number of hydrogen-bond donors (Lipinski definition) is 1. The van der Waals surface area contributed by atoms with E-state index in [-0.39, 0.29) is 6.42 Å². The number of aliphatic carboxylic acids is 1. The van der Waals surface area contributed by atoms with Crippen molar-refractivity contribution in [1.82, 2.24) is 0 Å². The van der Waals surface area contributed by atoms with Crippen LogP contribution in [0.4, 0.5) is 0 Å². The Bertz CT molecular complexity index is 581. The van der Waals surface area contributed by atoms with E-state index in [0.717, 1.165) is 0 Å². The van der Waals surface area contributed by atoms with E-state index in [0.29, 0.717) is 12.3 Å². The molecule has 0 saturated heterocycles. The molecule has 2 nitrogen and oxygen atoms in total. The van der Waals surface area contributed by atoms with Crippen LogP contribution < -0.4 is 0 Å². The number of carbonyl (C=O) groups is 1. The largest absolute Gasteiger partial charge is 0.481 e. The summed E-state index contributed by atoms with van der Waals surface area (Å²) in [5, 5.41) is 10.0. The van der Waals surface area contributed by atoms with Gasteiger partial charge in [0.05, 0.1) is 6.42 Å². The van der Waals surface area contributed by atoms with Gasteiger partial charge in [0.25, 0.3) is 0 Å². The molecule has 3 heteroatoms. The number of thiophene rings is 1. The highest BCUT2D eigenvalue weighted by Gasteiger charge is 2.11. The molecule has 2 rings (SSSR count). The summed E-state index contributed by atoms with van der Waals surface area (Å²) < 4.78 is 1.26. The molecular weight excluding hydrogens is 244 g/mol. The quantitative estimate of drug-likeness (QED) is 0.889. The second-order valence-corrected chi connectivity index (χ2v) is 6.09. The molecule has 2 aromatic rings. The van der Waals surface area contributed by atoms with Gasteiger partial charge in [0, 0.05) is 9.58 Å². The highest BCUT2D eigenvalue weighted by atomic mass is 32.1. The first-order valence-corrected chi connectivity index (χ1v) is 7.04. The number of rotatable bonds is 4. The van der Waals surface area contributed by atoms with E-state index in [2.05, 4.69) is 39.0 Å². The molecule has 1 aromatic heterocycles. The summed E-state index contributed by atoms with van der Waals surface area (Å²) >= 11 is 1.72.